The molecular formula is C16H23NS2. The van der Waals surface area contributed by atoms with Crippen LogP contribution in [0.4, 0.5) is 0 Å². The number of hydrogen-bond donors (Lipinski definition) is 0. The summed E-state index contributed by atoms with van der Waals surface area (Å²) in [6.45, 7) is 2.27. The molecule has 0 aliphatic heterocycles. The van der Waals surface area contributed by atoms with E-state index in [9.17, 15) is 0 Å². The average molecular weight is 294 g/mol. The van der Waals surface area contributed by atoms with Gasteiger partial charge in [0, 0.05) is 5.75 Å². The van der Waals surface area contributed by atoms with Crippen molar-refractivity contribution >= 4 is 33.3 Å². The molecule has 0 bridgehead atoms. The number of thiazole rings is 1. The molecule has 19 heavy (non-hydrogen) atoms. The fraction of sp³-hybridized carbons (Fsp3) is 0.562. The number of para-hydroxylation sites is 1. The first-order valence-corrected chi connectivity index (χ1v) is 9.18. The Balaban J connectivity index is 1.60. The number of unbranched alkanes of at least 4 members (excludes halogenated alkanes) is 6. The van der Waals surface area contributed by atoms with Gasteiger partial charge in [0.25, 0.3) is 0 Å². The van der Waals surface area contributed by atoms with Crippen molar-refractivity contribution in [1.82, 2.24) is 4.98 Å². The van der Waals surface area contributed by atoms with Gasteiger partial charge >= 0.3 is 0 Å². The Morgan fingerprint density at radius 3 is 2.53 bits per heavy atom. The standard InChI is InChI=1S/C16H23NS2/c1-2-3-4-5-6-7-10-13-18-16-17-14-11-8-9-12-15(14)19-16/h8-9,11-12H,2-7,10,13H2,1H3. The number of fused-ring (bicyclic) bond motifs is 1. The zero-order valence-corrected chi connectivity index (χ0v) is 13.4. The van der Waals surface area contributed by atoms with Crippen LogP contribution in [0.1, 0.15) is 51.9 Å². The Hall–Kier alpha value is -0.540. The zero-order valence-electron chi connectivity index (χ0n) is 11.7. The molecule has 104 valence electrons. The van der Waals surface area contributed by atoms with E-state index >= 15 is 0 Å². The number of benzene rings is 1. The molecule has 0 amide bonds. The molecule has 2 rings (SSSR count). The molecule has 0 saturated carbocycles. The van der Waals surface area contributed by atoms with Crippen molar-refractivity contribution in [2.24, 2.45) is 0 Å². The molecule has 0 aliphatic carbocycles. The molecular weight excluding hydrogens is 270 g/mol. The maximum atomic E-state index is 4.65. The van der Waals surface area contributed by atoms with Crippen LogP contribution < -0.4 is 0 Å². The van der Waals surface area contributed by atoms with Gasteiger partial charge in [-0.15, -0.1) is 11.3 Å². The fourth-order valence-electron chi connectivity index (χ4n) is 2.13. The normalized spacial score (nSPS) is 11.2. The van der Waals surface area contributed by atoms with E-state index in [1.54, 1.807) is 0 Å². The molecule has 0 atom stereocenters. The van der Waals surface area contributed by atoms with E-state index in [-0.39, 0.29) is 0 Å². The molecule has 2 aromatic rings. The highest BCUT2D eigenvalue weighted by atomic mass is 32.2. The van der Waals surface area contributed by atoms with E-state index in [1.807, 2.05) is 23.1 Å². The van der Waals surface area contributed by atoms with Crippen LogP contribution >= 0.6 is 23.1 Å². The zero-order chi connectivity index (χ0) is 13.3. The molecule has 3 heteroatoms. The van der Waals surface area contributed by atoms with Gasteiger partial charge in [0.05, 0.1) is 10.2 Å². The first kappa shape index (κ1) is 14.9. The first-order valence-electron chi connectivity index (χ1n) is 7.38. The highest BCUT2D eigenvalue weighted by Gasteiger charge is 2.02. The Morgan fingerprint density at radius 1 is 1.00 bits per heavy atom. The highest BCUT2D eigenvalue weighted by Crippen LogP contribution is 2.29. The smallest absolute Gasteiger partial charge is 0.151 e. The Bertz CT molecular complexity index is 445. The predicted octanol–water partition coefficient (Wildman–Crippen LogP) is 6.14. The third-order valence-corrected chi connectivity index (χ3v) is 5.51. The number of hydrogen-bond acceptors (Lipinski definition) is 3. The topological polar surface area (TPSA) is 12.9 Å². The molecule has 0 aliphatic rings. The summed E-state index contributed by atoms with van der Waals surface area (Å²) in [5, 5.41) is 0. The van der Waals surface area contributed by atoms with Crippen LogP contribution in [-0.4, -0.2) is 10.7 Å². The first-order chi connectivity index (χ1) is 9.40. The van der Waals surface area contributed by atoms with E-state index in [1.165, 1.54) is 59.7 Å². The van der Waals surface area contributed by atoms with Gasteiger partial charge in [-0.25, -0.2) is 4.98 Å². The Labute approximate surface area is 124 Å². The van der Waals surface area contributed by atoms with Crippen LogP contribution in [0.5, 0.6) is 0 Å². The van der Waals surface area contributed by atoms with Crippen LogP contribution in [0.25, 0.3) is 10.2 Å². The number of nitrogens with zero attached hydrogens (tertiary/aromatic N) is 1. The number of aromatic nitrogens is 1. The lowest BCUT2D eigenvalue weighted by molar-refractivity contribution is 0.603. The van der Waals surface area contributed by atoms with Crippen LogP contribution in [0.2, 0.25) is 0 Å². The van der Waals surface area contributed by atoms with Gasteiger partial charge in [-0.3, -0.25) is 0 Å². The molecule has 0 unspecified atom stereocenters. The summed E-state index contributed by atoms with van der Waals surface area (Å²) in [7, 11) is 0. The molecule has 1 aromatic carbocycles. The summed E-state index contributed by atoms with van der Waals surface area (Å²) >= 11 is 3.75. The van der Waals surface area contributed by atoms with Crippen molar-refractivity contribution < 1.29 is 0 Å². The molecule has 0 N–H and O–H groups in total. The molecule has 0 saturated heterocycles. The molecule has 1 nitrogen and oxygen atoms in total. The number of thioether (sulfide) groups is 1. The van der Waals surface area contributed by atoms with Crippen molar-refractivity contribution in [2.45, 2.75) is 56.2 Å². The summed E-state index contributed by atoms with van der Waals surface area (Å²) in [4.78, 5) is 4.65. The average Bonchev–Trinajstić information content (AvgIpc) is 2.84. The van der Waals surface area contributed by atoms with Crippen molar-refractivity contribution in [1.29, 1.82) is 0 Å². The van der Waals surface area contributed by atoms with Gasteiger partial charge in [-0.2, -0.15) is 0 Å². The van der Waals surface area contributed by atoms with Gasteiger partial charge in [-0.05, 0) is 18.6 Å². The van der Waals surface area contributed by atoms with Crippen LogP contribution in [0.15, 0.2) is 28.6 Å². The maximum Gasteiger partial charge on any atom is 0.151 e. The van der Waals surface area contributed by atoms with E-state index in [0.29, 0.717) is 0 Å². The summed E-state index contributed by atoms with van der Waals surface area (Å²) < 4.78 is 2.54. The van der Waals surface area contributed by atoms with Crippen molar-refractivity contribution in [2.75, 3.05) is 5.75 Å². The minimum absolute atomic E-state index is 1.15. The van der Waals surface area contributed by atoms with Gasteiger partial charge in [0.1, 0.15) is 0 Å². The second kappa shape index (κ2) is 8.60. The van der Waals surface area contributed by atoms with E-state index in [2.05, 4.69) is 36.2 Å². The largest absolute Gasteiger partial charge is 0.230 e. The van der Waals surface area contributed by atoms with E-state index in [4.69, 9.17) is 0 Å². The second-order valence-electron chi connectivity index (χ2n) is 4.92. The van der Waals surface area contributed by atoms with Gasteiger partial charge in [-0.1, -0.05) is 69.3 Å². The molecule has 1 aromatic heterocycles. The quantitative estimate of drug-likeness (QED) is 0.407. The van der Waals surface area contributed by atoms with Gasteiger partial charge in [0.2, 0.25) is 0 Å². The van der Waals surface area contributed by atoms with Gasteiger partial charge in [0.15, 0.2) is 4.34 Å². The summed E-state index contributed by atoms with van der Waals surface area (Å²) in [6.07, 6.45) is 9.68. The highest BCUT2D eigenvalue weighted by molar-refractivity contribution is 8.01. The third-order valence-electron chi connectivity index (χ3n) is 3.25. The SMILES string of the molecule is CCCCCCCCCSc1nc2ccccc2s1. The summed E-state index contributed by atoms with van der Waals surface area (Å²) in [5.74, 6) is 1.22. The lowest BCUT2D eigenvalue weighted by atomic mass is 10.1. The van der Waals surface area contributed by atoms with Crippen molar-refractivity contribution in [3.63, 3.8) is 0 Å². The Morgan fingerprint density at radius 2 is 1.74 bits per heavy atom. The molecule has 0 radical (unpaired) electrons. The van der Waals surface area contributed by atoms with Crippen molar-refractivity contribution in [3.05, 3.63) is 24.3 Å². The van der Waals surface area contributed by atoms with E-state index < -0.39 is 0 Å². The Kier molecular flexibility index (Phi) is 6.72. The minimum atomic E-state index is 1.15. The molecule has 1 heterocycles. The van der Waals surface area contributed by atoms with Crippen LogP contribution in [-0.2, 0) is 0 Å². The summed E-state index contributed by atoms with van der Waals surface area (Å²) in [5.41, 5.74) is 1.15. The lowest BCUT2D eigenvalue weighted by Gasteiger charge is -2.00. The predicted molar refractivity (Wildman–Crippen MR) is 88.3 cm³/mol. The fourth-order valence-corrected chi connectivity index (χ4v) is 4.27. The molecule has 0 fully saturated rings. The monoisotopic (exact) mass is 293 g/mol. The number of rotatable bonds is 9. The van der Waals surface area contributed by atoms with E-state index in [0.717, 1.165) is 5.52 Å². The third kappa shape index (κ3) is 5.15. The van der Waals surface area contributed by atoms with Crippen LogP contribution in [0, 0.1) is 0 Å². The maximum absolute atomic E-state index is 4.65. The molecule has 0 spiro atoms. The lowest BCUT2D eigenvalue weighted by Crippen LogP contribution is -1.82. The van der Waals surface area contributed by atoms with Crippen molar-refractivity contribution in [3.8, 4) is 0 Å². The van der Waals surface area contributed by atoms with Gasteiger partial charge < -0.3 is 0 Å². The summed E-state index contributed by atoms with van der Waals surface area (Å²) in [6, 6.07) is 8.41. The second-order valence-corrected chi connectivity index (χ2v) is 7.29. The van der Waals surface area contributed by atoms with Crippen LogP contribution in [0.3, 0.4) is 0 Å². The minimum Gasteiger partial charge on any atom is -0.230 e.